The standard InChI is InChI=1S/C14H23N3O/c1-3-12-8-14(17-10(2)16-12)15-9-11-6-4-5-7-13(11)18/h8,11,13,18H,3-7,9H2,1-2H3,(H,15,16,17). The first-order chi connectivity index (χ1) is 8.69. The lowest BCUT2D eigenvalue weighted by Gasteiger charge is -2.27. The average Bonchev–Trinajstić information content (AvgIpc) is 2.37. The topological polar surface area (TPSA) is 58.0 Å². The molecule has 1 fully saturated rings. The van der Waals surface area contributed by atoms with Crippen LogP contribution in [0.3, 0.4) is 0 Å². The molecule has 4 heteroatoms. The zero-order valence-corrected chi connectivity index (χ0v) is 11.3. The molecule has 1 saturated carbocycles. The highest BCUT2D eigenvalue weighted by molar-refractivity contribution is 5.36. The first-order valence-corrected chi connectivity index (χ1v) is 6.95. The van der Waals surface area contributed by atoms with Crippen LogP contribution < -0.4 is 5.32 Å². The van der Waals surface area contributed by atoms with Crippen molar-refractivity contribution in [3.8, 4) is 0 Å². The maximum absolute atomic E-state index is 9.93. The fourth-order valence-electron chi connectivity index (χ4n) is 2.56. The van der Waals surface area contributed by atoms with Gasteiger partial charge in [0.05, 0.1) is 6.10 Å². The Morgan fingerprint density at radius 3 is 2.83 bits per heavy atom. The lowest BCUT2D eigenvalue weighted by atomic mass is 9.86. The molecule has 0 amide bonds. The van der Waals surface area contributed by atoms with Crippen molar-refractivity contribution in [2.45, 2.75) is 52.1 Å². The maximum atomic E-state index is 9.93. The number of anilines is 1. The van der Waals surface area contributed by atoms with E-state index >= 15 is 0 Å². The number of aliphatic hydroxyl groups is 1. The Morgan fingerprint density at radius 1 is 1.33 bits per heavy atom. The van der Waals surface area contributed by atoms with E-state index in [9.17, 15) is 5.11 Å². The largest absolute Gasteiger partial charge is 0.393 e. The summed E-state index contributed by atoms with van der Waals surface area (Å²) in [6.45, 7) is 4.82. The number of aromatic nitrogens is 2. The third-order valence-electron chi connectivity index (χ3n) is 3.67. The highest BCUT2D eigenvalue weighted by atomic mass is 16.3. The van der Waals surface area contributed by atoms with Gasteiger partial charge in [0.25, 0.3) is 0 Å². The van der Waals surface area contributed by atoms with Crippen LogP contribution in [0.1, 0.15) is 44.1 Å². The minimum atomic E-state index is -0.153. The maximum Gasteiger partial charge on any atom is 0.129 e. The van der Waals surface area contributed by atoms with Crippen molar-refractivity contribution in [3.05, 3.63) is 17.6 Å². The van der Waals surface area contributed by atoms with Gasteiger partial charge in [0, 0.05) is 24.2 Å². The normalized spacial score (nSPS) is 23.9. The van der Waals surface area contributed by atoms with Crippen LogP contribution in [-0.4, -0.2) is 27.7 Å². The van der Waals surface area contributed by atoms with Crippen molar-refractivity contribution in [1.29, 1.82) is 0 Å². The molecule has 1 aliphatic carbocycles. The van der Waals surface area contributed by atoms with Gasteiger partial charge in [-0.3, -0.25) is 0 Å². The summed E-state index contributed by atoms with van der Waals surface area (Å²) in [5, 5.41) is 13.3. The monoisotopic (exact) mass is 249 g/mol. The zero-order chi connectivity index (χ0) is 13.0. The second kappa shape index (κ2) is 6.14. The third kappa shape index (κ3) is 3.42. The van der Waals surface area contributed by atoms with Crippen LogP contribution >= 0.6 is 0 Å². The lowest BCUT2D eigenvalue weighted by Crippen LogP contribution is -2.30. The number of hydrogen-bond acceptors (Lipinski definition) is 4. The molecule has 2 rings (SSSR count). The molecule has 1 aromatic rings. The number of nitrogens with zero attached hydrogens (tertiary/aromatic N) is 2. The van der Waals surface area contributed by atoms with Crippen molar-refractivity contribution >= 4 is 5.82 Å². The molecule has 2 atom stereocenters. The van der Waals surface area contributed by atoms with E-state index in [1.54, 1.807) is 0 Å². The van der Waals surface area contributed by atoms with Crippen LogP contribution in [-0.2, 0) is 6.42 Å². The summed E-state index contributed by atoms with van der Waals surface area (Å²) in [5.41, 5.74) is 1.06. The van der Waals surface area contributed by atoms with Crippen LogP contribution in [0.15, 0.2) is 6.07 Å². The van der Waals surface area contributed by atoms with E-state index < -0.39 is 0 Å². The van der Waals surface area contributed by atoms with E-state index in [1.807, 2.05) is 13.0 Å². The summed E-state index contributed by atoms with van der Waals surface area (Å²) in [4.78, 5) is 8.75. The van der Waals surface area contributed by atoms with Crippen LogP contribution in [0.4, 0.5) is 5.82 Å². The minimum Gasteiger partial charge on any atom is -0.393 e. The van der Waals surface area contributed by atoms with Crippen LogP contribution in [0.2, 0.25) is 0 Å². The van der Waals surface area contributed by atoms with E-state index in [-0.39, 0.29) is 6.10 Å². The third-order valence-corrected chi connectivity index (χ3v) is 3.67. The van der Waals surface area contributed by atoms with Gasteiger partial charge in [-0.2, -0.15) is 0 Å². The Morgan fingerprint density at radius 2 is 2.11 bits per heavy atom. The van der Waals surface area contributed by atoms with Gasteiger partial charge in [0.1, 0.15) is 11.6 Å². The Bertz CT molecular complexity index is 395. The fourth-order valence-corrected chi connectivity index (χ4v) is 2.56. The predicted octanol–water partition coefficient (Wildman–Crippen LogP) is 2.31. The van der Waals surface area contributed by atoms with Gasteiger partial charge in [0.2, 0.25) is 0 Å². The molecule has 18 heavy (non-hydrogen) atoms. The molecule has 0 aromatic carbocycles. The predicted molar refractivity (Wildman–Crippen MR) is 72.6 cm³/mol. The summed E-state index contributed by atoms with van der Waals surface area (Å²) in [5.74, 6) is 2.05. The number of rotatable bonds is 4. The number of nitrogens with one attached hydrogen (secondary N) is 1. The van der Waals surface area contributed by atoms with Gasteiger partial charge in [-0.25, -0.2) is 9.97 Å². The molecular formula is C14H23N3O. The first-order valence-electron chi connectivity index (χ1n) is 6.95. The summed E-state index contributed by atoms with van der Waals surface area (Å²) < 4.78 is 0. The Balaban J connectivity index is 1.94. The SMILES string of the molecule is CCc1cc(NCC2CCCCC2O)nc(C)n1. The van der Waals surface area contributed by atoms with Crippen molar-refractivity contribution in [3.63, 3.8) is 0 Å². The highest BCUT2D eigenvalue weighted by Crippen LogP contribution is 2.24. The van der Waals surface area contributed by atoms with E-state index in [0.29, 0.717) is 5.92 Å². The molecule has 0 spiro atoms. The molecule has 2 unspecified atom stereocenters. The molecular weight excluding hydrogens is 226 g/mol. The Kier molecular flexibility index (Phi) is 4.53. The summed E-state index contributed by atoms with van der Waals surface area (Å²) >= 11 is 0. The molecule has 100 valence electrons. The van der Waals surface area contributed by atoms with E-state index in [4.69, 9.17) is 0 Å². The molecule has 1 aliphatic rings. The molecule has 0 aliphatic heterocycles. The molecule has 1 aromatic heterocycles. The van der Waals surface area contributed by atoms with Crippen LogP contribution in [0.5, 0.6) is 0 Å². The minimum absolute atomic E-state index is 0.153. The molecule has 0 radical (unpaired) electrons. The van der Waals surface area contributed by atoms with E-state index in [0.717, 1.165) is 49.6 Å². The van der Waals surface area contributed by atoms with Gasteiger partial charge in [0.15, 0.2) is 0 Å². The van der Waals surface area contributed by atoms with Gasteiger partial charge in [-0.05, 0) is 26.2 Å². The van der Waals surface area contributed by atoms with Crippen LogP contribution in [0.25, 0.3) is 0 Å². The molecule has 4 nitrogen and oxygen atoms in total. The number of hydrogen-bond donors (Lipinski definition) is 2. The number of aryl methyl sites for hydroxylation is 2. The molecule has 0 saturated heterocycles. The first kappa shape index (κ1) is 13.3. The van der Waals surface area contributed by atoms with Crippen molar-refractivity contribution < 1.29 is 5.11 Å². The Labute approximate surface area is 109 Å². The summed E-state index contributed by atoms with van der Waals surface area (Å²) in [6.07, 6.45) is 5.20. The zero-order valence-electron chi connectivity index (χ0n) is 11.3. The smallest absolute Gasteiger partial charge is 0.129 e. The van der Waals surface area contributed by atoms with Crippen molar-refractivity contribution in [1.82, 2.24) is 9.97 Å². The van der Waals surface area contributed by atoms with E-state index in [2.05, 4.69) is 22.2 Å². The molecule has 2 N–H and O–H groups in total. The van der Waals surface area contributed by atoms with Gasteiger partial charge in [-0.1, -0.05) is 19.8 Å². The molecule has 1 heterocycles. The van der Waals surface area contributed by atoms with Crippen molar-refractivity contribution in [2.75, 3.05) is 11.9 Å². The highest BCUT2D eigenvalue weighted by Gasteiger charge is 2.22. The van der Waals surface area contributed by atoms with Gasteiger partial charge >= 0.3 is 0 Å². The average molecular weight is 249 g/mol. The van der Waals surface area contributed by atoms with Crippen molar-refractivity contribution in [2.24, 2.45) is 5.92 Å². The molecule has 0 bridgehead atoms. The fraction of sp³-hybridized carbons (Fsp3) is 0.714. The second-order valence-electron chi connectivity index (χ2n) is 5.14. The second-order valence-corrected chi connectivity index (χ2v) is 5.14. The van der Waals surface area contributed by atoms with E-state index in [1.165, 1.54) is 6.42 Å². The lowest BCUT2D eigenvalue weighted by molar-refractivity contribution is 0.0763. The van der Waals surface area contributed by atoms with Gasteiger partial charge < -0.3 is 10.4 Å². The summed E-state index contributed by atoms with van der Waals surface area (Å²) in [7, 11) is 0. The van der Waals surface area contributed by atoms with Crippen LogP contribution in [0, 0.1) is 12.8 Å². The summed E-state index contributed by atoms with van der Waals surface area (Å²) in [6, 6.07) is 2.00. The number of aliphatic hydroxyl groups excluding tert-OH is 1. The van der Waals surface area contributed by atoms with Gasteiger partial charge in [-0.15, -0.1) is 0 Å². The Hall–Kier alpha value is -1.16. The quantitative estimate of drug-likeness (QED) is 0.859.